The van der Waals surface area contributed by atoms with Crippen LogP contribution in [0.25, 0.3) is 0 Å². The van der Waals surface area contributed by atoms with Crippen molar-refractivity contribution in [3.05, 3.63) is 22.4 Å². The van der Waals surface area contributed by atoms with Crippen molar-refractivity contribution in [3.8, 4) is 0 Å². The van der Waals surface area contributed by atoms with Crippen LogP contribution in [0.15, 0.2) is 11.0 Å². The number of carbonyl (C=O) groups is 1. The highest BCUT2D eigenvalue weighted by Gasteiger charge is 2.23. The molecule has 1 fully saturated rings. The SMILES string of the molecule is CCCN1CC[C@H](NC(=O)c2c[nH]c(=O)[nH]2)C1. The molecule has 1 atom stereocenters. The van der Waals surface area contributed by atoms with E-state index in [4.69, 9.17) is 0 Å². The van der Waals surface area contributed by atoms with Crippen LogP contribution in [-0.2, 0) is 0 Å². The largest absolute Gasteiger partial charge is 0.347 e. The van der Waals surface area contributed by atoms with Crippen molar-refractivity contribution in [1.29, 1.82) is 0 Å². The van der Waals surface area contributed by atoms with Crippen molar-refractivity contribution in [2.24, 2.45) is 0 Å². The van der Waals surface area contributed by atoms with Crippen LogP contribution in [0.1, 0.15) is 30.3 Å². The third-order valence-corrected chi connectivity index (χ3v) is 2.99. The molecule has 1 aromatic rings. The molecule has 1 aliphatic rings. The van der Waals surface area contributed by atoms with Gasteiger partial charge in [-0.15, -0.1) is 0 Å². The van der Waals surface area contributed by atoms with E-state index in [1.807, 2.05) is 0 Å². The number of nitrogens with zero attached hydrogens (tertiary/aromatic N) is 1. The molecular formula is C11H18N4O2. The monoisotopic (exact) mass is 238 g/mol. The highest BCUT2D eigenvalue weighted by molar-refractivity contribution is 5.92. The Labute approximate surface area is 99.4 Å². The topological polar surface area (TPSA) is 81.0 Å². The molecule has 17 heavy (non-hydrogen) atoms. The molecule has 0 saturated carbocycles. The van der Waals surface area contributed by atoms with Crippen LogP contribution < -0.4 is 11.0 Å². The molecule has 6 heteroatoms. The summed E-state index contributed by atoms with van der Waals surface area (Å²) in [5.41, 5.74) is -0.0573. The van der Waals surface area contributed by atoms with Crippen LogP contribution in [0.3, 0.4) is 0 Å². The molecule has 3 N–H and O–H groups in total. The Balaban J connectivity index is 1.86. The third-order valence-electron chi connectivity index (χ3n) is 2.99. The van der Waals surface area contributed by atoms with Crippen molar-refractivity contribution in [2.45, 2.75) is 25.8 Å². The van der Waals surface area contributed by atoms with Gasteiger partial charge in [-0.2, -0.15) is 0 Å². The number of amides is 1. The van der Waals surface area contributed by atoms with Gasteiger partial charge >= 0.3 is 5.69 Å². The molecule has 0 unspecified atom stereocenters. The number of carbonyl (C=O) groups excluding carboxylic acids is 1. The number of imidazole rings is 1. The molecule has 0 spiro atoms. The van der Waals surface area contributed by atoms with Gasteiger partial charge in [-0.05, 0) is 19.4 Å². The zero-order chi connectivity index (χ0) is 12.3. The standard InChI is InChI=1S/C11H18N4O2/c1-2-4-15-5-3-8(7-15)13-10(16)9-6-12-11(17)14-9/h6,8H,2-5,7H2,1H3,(H,13,16)(H2,12,14,17)/t8-/m0/s1. The van der Waals surface area contributed by atoms with E-state index in [-0.39, 0.29) is 17.6 Å². The van der Waals surface area contributed by atoms with Crippen LogP contribution >= 0.6 is 0 Å². The van der Waals surface area contributed by atoms with Gasteiger partial charge in [0.15, 0.2) is 0 Å². The molecule has 94 valence electrons. The minimum Gasteiger partial charge on any atom is -0.347 e. The zero-order valence-electron chi connectivity index (χ0n) is 9.95. The number of aromatic nitrogens is 2. The summed E-state index contributed by atoms with van der Waals surface area (Å²) in [5, 5.41) is 2.93. The van der Waals surface area contributed by atoms with Crippen molar-refractivity contribution >= 4 is 5.91 Å². The number of nitrogens with one attached hydrogen (secondary N) is 3. The van der Waals surface area contributed by atoms with Gasteiger partial charge in [-0.1, -0.05) is 6.92 Å². The summed E-state index contributed by atoms with van der Waals surface area (Å²) in [6.45, 7) is 5.15. The lowest BCUT2D eigenvalue weighted by atomic mass is 10.2. The maximum atomic E-state index is 11.8. The minimum atomic E-state index is -0.353. The zero-order valence-corrected chi connectivity index (χ0v) is 9.95. The number of hydrogen-bond acceptors (Lipinski definition) is 3. The Hall–Kier alpha value is -1.56. The van der Waals surface area contributed by atoms with E-state index in [9.17, 15) is 9.59 Å². The van der Waals surface area contributed by atoms with Crippen LogP contribution in [0, 0.1) is 0 Å². The first-order chi connectivity index (χ1) is 8.19. The van der Waals surface area contributed by atoms with Crippen LogP contribution in [0.2, 0.25) is 0 Å². The third kappa shape index (κ3) is 2.97. The Morgan fingerprint density at radius 2 is 2.47 bits per heavy atom. The Morgan fingerprint density at radius 1 is 1.65 bits per heavy atom. The van der Waals surface area contributed by atoms with Gasteiger partial charge in [0.25, 0.3) is 5.91 Å². The number of H-pyrrole nitrogens is 2. The van der Waals surface area contributed by atoms with E-state index < -0.39 is 0 Å². The Kier molecular flexibility index (Phi) is 3.63. The lowest BCUT2D eigenvalue weighted by Gasteiger charge is -2.15. The van der Waals surface area contributed by atoms with Gasteiger partial charge < -0.3 is 20.2 Å². The number of hydrogen-bond donors (Lipinski definition) is 3. The second kappa shape index (κ2) is 5.18. The minimum absolute atomic E-state index is 0.187. The number of rotatable bonds is 4. The molecule has 0 bridgehead atoms. The summed E-state index contributed by atoms with van der Waals surface area (Å²) in [4.78, 5) is 29.8. The van der Waals surface area contributed by atoms with Crippen molar-refractivity contribution in [2.75, 3.05) is 19.6 Å². The molecule has 1 amide bonds. The van der Waals surface area contributed by atoms with Gasteiger partial charge in [0, 0.05) is 25.3 Å². The molecule has 6 nitrogen and oxygen atoms in total. The molecule has 1 saturated heterocycles. The Bertz CT molecular complexity index is 437. The van der Waals surface area contributed by atoms with Gasteiger partial charge in [0.2, 0.25) is 0 Å². The van der Waals surface area contributed by atoms with E-state index >= 15 is 0 Å². The molecule has 0 aromatic carbocycles. The second-order valence-electron chi connectivity index (χ2n) is 4.42. The lowest BCUT2D eigenvalue weighted by Crippen LogP contribution is -2.37. The van der Waals surface area contributed by atoms with Gasteiger partial charge in [0.05, 0.1) is 0 Å². The summed E-state index contributed by atoms with van der Waals surface area (Å²) in [6, 6.07) is 0.187. The van der Waals surface area contributed by atoms with Crippen LogP contribution in [-0.4, -0.2) is 46.5 Å². The maximum absolute atomic E-state index is 11.8. The molecule has 2 rings (SSSR count). The molecule has 1 aromatic heterocycles. The van der Waals surface area contributed by atoms with Crippen molar-refractivity contribution in [3.63, 3.8) is 0 Å². The molecule has 2 heterocycles. The van der Waals surface area contributed by atoms with E-state index in [1.165, 1.54) is 6.20 Å². The average molecular weight is 238 g/mol. The van der Waals surface area contributed by atoms with Gasteiger partial charge in [-0.25, -0.2) is 4.79 Å². The highest BCUT2D eigenvalue weighted by atomic mass is 16.2. The fourth-order valence-electron chi connectivity index (χ4n) is 2.19. The first-order valence-corrected chi connectivity index (χ1v) is 6.00. The molecule has 0 radical (unpaired) electrons. The molecule has 0 aliphatic carbocycles. The fourth-order valence-corrected chi connectivity index (χ4v) is 2.19. The quantitative estimate of drug-likeness (QED) is 0.686. The van der Waals surface area contributed by atoms with Crippen LogP contribution in [0.5, 0.6) is 0 Å². The summed E-state index contributed by atoms with van der Waals surface area (Å²) in [6.07, 6.45) is 3.50. The predicted molar refractivity (Wildman–Crippen MR) is 64.0 cm³/mol. The van der Waals surface area contributed by atoms with Crippen molar-refractivity contribution < 1.29 is 4.79 Å². The summed E-state index contributed by atoms with van der Waals surface area (Å²) >= 11 is 0. The summed E-state index contributed by atoms with van der Waals surface area (Å²) in [7, 11) is 0. The van der Waals surface area contributed by atoms with Crippen LogP contribution in [0.4, 0.5) is 0 Å². The fraction of sp³-hybridized carbons (Fsp3) is 0.636. The predicted octanol–water partition coefficient (Wildman–Crippen LogP) is -0.0829. The lowest BCUT2D eigenvalue weighted by molar-refractivity contribution is 0.0933. The normalized spacial score (nSPS) is 20.6. The average Bonchev–Trinajstić information content (AvgIpc) is 2.88. The first kappa shape index (κ1) is 11.9. The summed E-state index contributed by atoms with van der Waals surface area (Å²) < 4.78 is 0. The van der Waals surface area contributed by atoms with E-state index in [0.29, 0.717) is 5.69 Å². The molecular weight excluding hydrogens is 220 g/mol. The van der Waals surface area contributed by atoms with Crippen molar-refractivity contribution in [1.82, 2.24) is 20.2 Å². The van der Waals surface area contributed by atoms with Gasteiger partial charge in [0.1, 0.15) is 5.69 Å². The first-order valence-electron chi connectivity index (χ1n) is 6.00. The molecule has 1 aliphatic heterocycles. The van der Waals surface area contributed by atoms with E-state index in [2.05, 4.69) is 27.1 Å². The Morgan fingerprint density at radius 3 is 3.12 bits per heavy atom. The second-order valence-corrected chi connectivity index (χ2v) is 4.42. The summed E-state index contributed by atoms with van der Waals surface area (Å²) in [5.74, 6) is -0.216. The van der Waals surface area contributed by atoms with Gasteiger partial charge in [-0.3, -0.25) is 4.79 Å². The maximum Gasteiger partial charge on any atom is 0.323 e. The highest BCUT2D eigenvalue weighted by Crippen LogP contribution is 2.09. The van der Waals surface area contributed by atoms with E-state index in [0.717, 1.165) is 32.5 Å². The number of aromatic amines is 2. The number of likely N-dealkylation sites (tertiary alicyclic amines) is 1. The smallest absolute Gasteiger partial charge is 0.323 e. The van der Waals surface area contributed by atoms with E-state index in [1.54, 1.807) is 0 Å².